The summed E-state index contributed by atoms with van der Waals surface area (Å²) in [7, 11) is 1.55. The molecule has 13 heavy (non-hydrogen) atoms. The molecule has 1 N–H and O–H groups in total. The Labute approximate surface area is 78.2 Å². The number of Topliss-reactive ketones (excluding diaryl/α,β-unsaturated/α-hetero) is 1. The highest BCUT2D eigenvalue weighted by molar-refractivity contribution is 6.07. The minimum atomic E-state index is -0.878. The van der Waals surface area contributed by atoms with E-state index in [2.05, 4.69) is 11.9 Å². The largest absolute Gasteiger partial charge is 0.358 e. The van der Waals surface area contributed by atoms with E-state index in [1.54, 1.807) is 20.0 Å². The van der Waals surface area contributed by atoms with Gasteiger partial charge < -0.3 is 5.32 Å². The third-order valence-electron chi connectivity index (χ3n) is 2.99. The molecule has 2 atom stereocenters. The van der Waals surface area contributed by atoms with Crippen LogP contribution in [-0.2, 0) is 9.59 Å². The molecule has 0 unspecified atom stereocenters. The zero-order chi connectivity index (χ0) is 10.1. The van der Waals surface area contributed by atoms with Crippen molar-refractivity contribution in [2.75, 3.05) is 7.05 Å². The van der Waals surface area contributed by atoms with Crippen LogP contribution in [0.2, 0.25) is 0 Å². The number of hydrogen-bond donors (Lipinski definition) is 1. The lowest BCUT2D eigenvalue weighted by molar-refractivity contribution is -0.140. The molecule has 1 aliphatic carbocycles. The van der Waals surface area contributed by atoms with Crippen LogP contribution in [-0.4, -0.2) is 18.7 Å². The predicted molar refractivity (Wildman–Crippen MR) is 50.1 cm³/mol. The Hall–Kier alpha value is -1.12. The van der Waals surface area contributed by atoms with Crippen molar-refractivity contribution in [1.29, 1.82) is 0 Å². The molecule has 1 amide bonds. The van der Waals surface area contributed by atoms with Crippen molar-refractivity contribution in [2.24, 2.45) is 11.3 Å². The van der Waals surface area contributed by atoms with E-state index >= 15 is 0 Å². The minimum Gasteiger partial charge on any atom is -0.358 e. The van der Waals surface area contributed by atoms with Gasteiger partial charge in [-0.3, -0.25) is 9.59 Å². The summed E-state index contributed by atoms with van der Waals surface area (Å²) in [6, 6.07) is 0. The van der Waals surface area contributed by atoms with Gasteiger partial charge in [0.05, 0.1) is 0 Å². The number of rotatable bonds is 2. The summed E-state index contributed by atoms with van der Waals surface area (Å²) in [5, 5.41) is 2.53. The van der Waals surface area contributed by atoms with Gasteiger partial charge in [0.1, 0.15) is 11.2 Å². The molecule has 0 bridgehead atoms. The van der Waals surface area contributed by atoms with Gasteiger partial charge in [-0.05, 0) is 19.3 Å². The van der Waals surface area contributed by atoms with Crippen LogP contribution < -0.4 is 5.32 Å². The highest BCUT2D eigenvalue weighted by Crippen LogP contribution is 2.40. The summed E-state index contributed by atoms with van der Waals surface area (Å²) in [6.07, 6.45) is 2.94. The molecule has 1 fully saturated rings. The molecule has 3 nitrogen and oxygen atoms in total. The zero-order valence-electron chi connectivity index (χ0n) is 8.09. The molecule has 0 saturated heterocycles. The van der Waals surface area contributed by atoms with Gasteiger partial charge in [0.25, 0.3) is 0 Å². The Bertz CT molecular complexity index is 260. The number of allylic oxidation sites excluding steroid dienone is 1. The van der Waals surface area contributed by atoms with E-state index in [-0.39, 0.29) is 17.6 Å². The number of amides is 1. The third-order valence-corrected chi connectivity index (χ3v) is 2.99. The van der Waals surface area contributed by atoms with Crippen molar-refractivity contribution < 1.29 is 9.59 Å². The third kappa shape index (κ3) is 1.28. The second-order valence-corrected chi connectivity index (χ2v) is 3.59. The average molecular weight is 181 g/mol. The van der Waals surface area contributed by atoms with Crippen molar-refractivity contribution in [3.63, 3.8) is 0 Å². The fraction of sp³-hybridized carbons (Fsp3) is 0.600. The summed E-state index contributed by atoms with van der Waals surface area (Å²) in [5.74, 6) is -0.184. The van der Waals surface area contributed by atoms with E-state index < -0.39 is 5.41 Å². The van der Waals surface area contributed by atoms with Gasteiger partial charge in [-0.2, -0.15) is 0 Å². The molecule has 0 spiro atoms. The second-order valence-electron chi connectivity index (χ2n) is 3.59. The van der Waals surface area contributed by atoms with Crippen LogP contribution in [0.4, 0.5) is 0 Å². The van der Waals surface area contributed by atoms with Gasteiger partial charge in [0.2, 0.25) is 5.91 Å². The van der Waals surface area contributed by atoms with Crippen molar-refractivity contribution >= 4 is 11.7 Å². The first-order valence-electron chi connectivity index (χ1n) is 4.45. The fourth-order valence-corrected chi connectivity index (χ4v) is 1.95. The molecule has 72 valence electrons. The van der Waals surface area contributed by atoms with Crippen LogP contribution in [0.25, 0.3) is 0 Å². The van der Waals surface area contributed by atoms with Crippen LogP contribution in [0.1, 0.15) is 19.8 Å². The van der Waals surface area contributed by atoms with Gasteiger partial charge in [0, 0.05) is 13.5 Å². The first-order chi connectivity index (χ1) is 6.07. The topological polar surface area (TPSA) is 46.2 Å². The van der Waals surface area contributed by atoms with E-state index in [9.17, 15) is 9.59 Å². The molecule has 3 heteroatoms. The number of hydrogen-bond acceptors (Lipinski definition) is 2. The van der Waals surface area contributed by atoms with Crippen LogP contribution in [0.15, 0.2) is 12.7 Å². The lowest BCUT2D eigenvalue weighted by Crippen LogP contribution is -2.43. The number of carbonyl (C=O) groups is 2. The van der Waals surface area contributed by atoms with Gasteiger partial charge >= 0.3 is 0 Å². The lowest BCUT2D eigenvalue weighted by atomic mass is 9.78. The fourth-order valence-electron chi connectivity index (χ4n) is 1.95. The van der Waals surface area contributed by atoms with E-state index in [0.717, 1.165) is 6.42 Å². The molecular weight excluding hydrogens is 166 g/mol. The SMILES string of the molecule is C=C[C@@H]1CCC(=O)[C@@]1(C)C(=O)NC. The van der Waals surface area contributed by atoms with E-state index in [4.69, 9.17) is 0 Å². The number of carbonyl (C=O) groups excluding carboxylic acids is 2. The smallest absolute Gasteiger partial charge is 0.233 e. The van der Waals surface area contributed by atoms with Gasteiger partial charge in [-0.15, -0.1) is 6.58 Å². The highest BCUT2D eigenvalue weighted by atomic mass is 16.2. The first-order valence-corrected chi connectivity index (χ1v) is 4.45. The second kappa shape index (κ2) is 3.32. The van der Waals surface area contributed by atoms with Crippen LogP contribution in [0.3, 0.4) is 0 Å². The van der Waals surface area contributed by atoms with Crippen molar-refractivity contribution in [2.45, 2.75) is 19.8 Å². The normalized spacial score (nSPS) is 33.1. The number of nitrogens with one attached hydrogen (secondary N) is 1. The Morgan fingerprint density at radius 1 is 1.77 bits per heavy atom. The van der Waals surface area contributed by atoms with Gasteiger partial charge in [0.15, 0.2) is 0 Å². The number of ketones is 1. The van der Waals surface area contributed by atoms with Crippen LogP contribution in [0.5, 0.6) is 0 Å². The maximum absolute atomic E-state index is 11.6. The van der Waals surface area contributed by atoms with E-state index in [0.29, 0.717) is 6.42 Å². The standard InChI is InChI=1S/C10H15NO2/c1-4-7-5-6-8(12)10(7,2)9(13)11-3/h4,7H,1,5-6H2,2-3H3,(H,11,13)/t7-,10+/m1/s1. The zero-order valence-corrected chi connectivity index (χ0v) is 8.09. The maximum atomic E-state index is 11.6. The molecule has 1 saturated carbocycles. The quantitative estimate of drug-likeness (QED) is 0.508. The van der Waals surface area contributed by atoms with Crippen molar-refractivity contribution in [3.8, 4) is 0 Å². The van der Waals surface area contributed by atoms with Gasteiger partial charge in [-0.1, -0.05) is 6.08 Å². The van der Waals surface area contributed by atoms with E-state index in [1.165, 1.54) is 0 Å². The Morgan fingerprint density at radius 3 is 2.85 bits per heavy atom. The summed E-state index contributed by atoms with van der Waals surface area (Å²) >= 11 is 0. The van der Waals surface area contributed by atoms with Crippen LogP contribution in [0, 0.1) is 11.3 Å². The van der Waals surface area contributed by atoms with E-state index in [1.807, 2.05) is 0 Å². The summed E-state index contributed by atoms with van der Waals surface area (Å²) in [6.45, 7) is 5.36. The Morgan fingerprint density at radius 2 is 2.38 bits per heavy atom. The molecule has 1 aliphatic rings. The Kier molecular flexibility index (Phi) is 2.55. The summed E-state index contributed by atoms with van der Waals surface area (Å²) in [5.41, 5.74) is -0.878. The van der Waals surface area contributed by atoms with Crippen LogP contribution >= 0.6 is 0 Å². The monoisotopic (exact) mass is 181 g/mol. The van der Waals surface area contributed by atoms with Crippen molar-refractivity contribution in [1.82, 2.24) is 5.32 Å². The molecular formula is C10H15NO2. The highest BCUT2D eigenvalue weighted by Gasteiger charge is 2.49. The molecule has 0 heterocycles. The maximum Gasteiger partial charge on any atom is 0.233 e. The molecule has 0 aromatic rings. The molecule has 0 aromatic carbocycles. The van der Waals surface area contributed by atoms with Gasteiger partial charge in [-0.25, -0.2) is 0 Å². The molecule has 0 radical (unpaired) electrons. The summed E-state index contributed by atoms with van der Waals surface area (Å²) < 4.78 is 0. The average Bonchev–Trinajstić information content (AvgIpc) is 2.43. The van der Waals surface area contributed by atoms with Crippen molar-refractivity contribution in [3.05, 3.63) is 12.7 Å². The Balaban J connectivity index is 3.01. The first kappa shape index (κ1) is 9.96. The molecule has 0 aromatic heterocycles. The molecule has 1 rings (SSSR count). The molecule has 0 aliphatic heterocycles. The predicted octanol–water partition coefficient (Wildman–Crippen LogP) is 0.904. The summed E-state index contributed by atoms with van der Waals surface area (Å²) in [4.78, 5) is 23.1. The lowest BCUT2D eigenvalue weighted by Gasteiger charge is -2.25. The minimum absolute atomic E-state index is 0.0139.